The molecule has 28 heavy (non-hydrogen) atoms. The van der Waals surface area contributed by atoms with Gasteiger partial charge in [0.1, 0.15) is 17.6 Å². The second kappa shape index (κ2) is 9.25. The standard InChI is InChI=1S/C19H22ClFN2O4S/c1-4-18(19(24)22-13-6-9-15(10-7-13)27-5-2)23(28(3,25)26)14-8-11-17(21)16(20)12-14/h6-12,18H,4-5H2,1-3H3,(H,22,24). The summed E-state index contributed by atoms with van der Waals surface area (Å²) in [5.74, 6) is -0.533. The quantitative estimate of drug-likeness (QED) is 0.687. The van der Waals surface area contributed by atoms with Crippen LogP contribution in [0.3, 0.4) is 0 Å². The fraction of sp³-hybridized carbons (Fsp3) is 0.316. The van der Waals surface area contributed by atoms with Crippen LogP contribution in [0, 0.1) is 5.82 Å². The number of rotatable bonds is 8. The fourth-order valence-electron chi connectivity index (χ4n) is 2.71. The van der Waals surface area contributed by atoms with Crippen molar-refractivity contribution in [2.24, 2.45) is 0 Å². The van der Waals surface area contributed by atoms with Crippen LogP contribution in [0.4, 0.5) is 15.8 Å². The van der Waals surface area contributed by atoms with Crippen molar-refractivity contribution in [2.45, 2.75) is 26.3 Å². The molecule has 2 aromatic carbocycles. The maximum Gasteiger partial charge on any atom is 0.248 e. The van der Waals surface area contributed by atoms with Gasteiger partial charge in [-0.2, -0.15) is 0 Å². The summed E-state index contributed by atoms with van der Waals surface area (Å²) in [6.45, 7) is 4.07. The molecule has 9 heteroatoms. The monoisotopic (exact) mass is 428 g/mol. The van der Waals surface area contributed by atoms with Gasteiger partial charge in [0, 0.05) is 5.69 Å². The number of hydrogen-bond donors (Lipinski definition) is 1. The van der Waals surface area contributed by atoms with Crippen LogP contribution in [0.2, 0.25) is 5.02 Å². The number of benzene rings is 2. The predicted octanol–water partition coefficient (Wildman–Crippen LogP) is 4.06. The van der Waals surface area contributed by atoms with Gasteiger partial charge in [0.15, 0.2) is 0 Å². The molecule has 1 atom stereocenters. The maximum absolute atomic E-state index is 13.5. The first-order valence-corrected chi connectivity index (χ1v) is 10.9. The van der Waals surface area contributed by atoms with Gasteiger partial charge < -0.3 is 10.1 Å². The number of sulfonamides is 1. The molecule has 0 radical (unpaired) electrons. The number of hydrogen-bond acceptors (Lipinski definition) is 4. The van der Waals surface area contributed by atoms with Crippen LogP contribution in [0.25, 0.3) is 0 Å². The molecule has 6 nitrogen and oxygen atoms in total. The van der Waals surface area contributed by atoms with Crippen molar-refractivity contribution in [2.75, 3.05) is 22.5 Å². The van der Waals surface area contributed by atoms with E-state index >= 15 is 0 Å². The SMILES string of the molecule is CCOc1ccc(NC(=O)C(CC)N(c2ccc(F)c(Cl)c2)S(C)(=O)=O)cc1. The van der Waals surface area contributed by atoms with E-state index in [2.05, 4.69) is 5.32 Å². The van der Waals surface area contributed by atoms with Crippen molar-refractivity contribution >= 4 is 38.9 Å². The molecule has 0 bridgehead atoms. The largest absolute Gasteiger partial charge is 0.494 e. The normalized spacial score (nSPS) is 12.3. The highest BCUT2D eigenvalue weighted by molar-refractivity contribution is 7.92. The Bertz CT molecular complexity index is 935. The number of anilines is 2. The van der Waals surface area contributed by atoms with Gasteiger partial charge in [0.05, 0.1) is 23.6 Å². The highest BCUT2D eigenvalue weighted by Gasteiger charge is 2.32. The van der Waals surface area contributed by atoms with Crippen molar-refractivity contribution in [1.29, 1.82) is 0 Å². The van der Waals surface area contributed by atoms with Crippen molar-refractivity contribution in [3.05, 3.63) is 53.3 Å². The number of nitrogens with zero attached hydrogens (tertiary/aromatic N) is 1. The summed E-state index contributed by atoms with van der Waals surface area (Å²) in [7, 11) is -3.84. The Hall–Kier alpha value is -2.32. The maximum atomic E-state index is 13.5. The number of amides is 1. The van der Waals surface area contributed by atoms with Crippen molar-refractivity contribution in [1.82, 2.24) is 0 Å². The summed E-state index contributed by atoms with van der Waals surface area (Å²) < 4.78 is 44.6. The highest BCUT2D eigenvalue weighted by Crippen LogP contribution is 2.28. The van der Waals surface area contributed by atoms with E-state index in [4.69, 9.17) is 16.3 Å². The molecule has 0 heterocycles. The van der Waals surface area contributed by atoms with Crippen LogP contribution in [-0.2, 0) is 14.8 Å². The van der Waals surface area contributed by atoms with Gasteiger partial charge in [0.2, 0.25) is 15.9 Å². The van der Waals surface area contributed by atoms with E-state index in [-0.39, 0.29) is 17.1 Å². The average molecular weight is 429 g/mol. The van der Waals surface area contributed by atoms with Gasteiger partial charge in [-0.25, -0.2) is 12.8 Å². The predicted molar refractivity (Wildman–Crippen MR) is 109 cm³/mol. The second-order valence-corrected chi connectivity index (χ2v) is 8.29. The minimum absolute atomic E-state index is 0.114. The van der Waals surface area contributed by atoms with Crippen LogP contribution in [-0.4, -0.2) is 33.2 Å². The number of nitrogens with one attached hydrogen (secondary N) is 1. The van der Waals surface area contributed by atoms with E-state index in [9.17, 15) is 17.6 Å². The molecule has 2 aromatic rings. The topological polar surface area (TPSA) is 75.7 Å². The summed E-state index contributed by atoms with van der Waals surface area (Å²) in [5.41, 5.74) is 0.611. The van der Waals surface area contributed by atoms with Gasteiger partial charge >= 0.3 is 0 Å². The summed E-state index contributed by atoms with van der Waals surface area (Å²) >= 11 is 5.80. The summed E-state index contributed by atoms with van der Waals surface area (Å²) in [5, 5.41) is 2.47. The molecule has 0 saturated heterocycles. The van der Waals surface area contributed by atoms with E-state index in [1.165, 1.54) is 12.1 Å². The second-order valence-electron chi connectivity index (χ2n) is 6.03. The third kappa shape index (κ3) is 5.36. The number of carbonyl (C=O) groups is 1. The smallest absolute Gasteiger partial charge is 0.248 e. The van der Waals surface area contributed by atoms with Gasteiger partial charge in [-0.15, -0.1) is 0 Å². The van der Waals surface area contributed by atoms with E-state index in [0.717, 1.165) is 16.6 Å². The van der Waals surface area contributed by atoms with Crippen LogP contribution < -0.4 is 14.4 Å². The Morgan fingerprint density at radius 2 is 1.86 bits per heavy atom. The lowest BCUT2D eigenvalue weighted by Crippen LogP contribution is -2.47. The molecule has 152 valence electrons. The summed E-state index contributed by atoms with van der Waals surface area (Å²) in [6.07, 6.45) is 1.18. The average Bonchev–Trinajstić information content (AvgIpc) is 2.63. The first kappa shape index (κ1) is 22.0. The first-order chi connectivity index (χ1) is 13.2. The zero-order valence-electron chi connectivity index (χ0n) is 15.8. The highest BCUT2D eigenvalue weighted by atomic mass is 35.5. The van der Waals surface area contributed by atoms with Crippen LogP contribution in [0.1, 0.15) is 20.3 Å². The van der Waals surface area contributed by atoms with Crippen molar-refractivity contribution < 1.29 is 22.3 Å². The van der Waals surface area contributed by atoms with Crippen molar-refractivity contribution in [3.8, 4) is 5.75 Å². The lowest BCUT2D eigenvalue weighted by atomic mass is 10.1. The fourth-order valence-corrected chi connectivity index (χ4v) is 4.09. The summed E-state index contributed by atoms with van der Waals surface area (Å²) in [4.78, 5) is 12.8. The molecule has 1 unspecified atom stereocenters. The molecule has 0 spiro atoms. The molecule has 2 rings (SSSR count). The molecular formula is C19H22ClFN2O4S. The Morgan fingerprint density at radius 1 is 1.21 bits per heavy atom. The van der Waals surface area contributed by atoms with Gasteiger partial charge in [0.25, 0.3) is 0 Å². The Balaban J connectivity index is 2.32. The molecule has 0 aromatic heterocycles. The third-order valence-corrected chi connectivity index (χ3v) is 5.39. The number of halogens is 2. The Labute approximate surface area is 169 Å². The third-order valence-electron chi connectivity index (χ3n) is 3.92. The van der Waals surface area contributed by atoms with Crippen LogP contribution >= 0.6 is 11.6 Å². The Morgan fingerprint density at radius 3 is 2.36 bits per heavy atom. The molecular weight excluding hydrogens is 407 g/mol. The molecule has 1 N–H and O–H groups in total. The van der Waals surface area contributed by atoms with Crippen LogP contribution in [0.15, 0.2) is 42.5 Å². The zero-order valence-corrected chi connectivity index (χ0v) is 17.3. The van der Waals surface area contributed by atoms with E-state index in [1.54, 1.807) is 31.2 Å². The van der Waals surface area contributed by atoms with E-state index < -0.39 is 27.8 Å². The van der Waals surface area contributed by atoms with Gasteiger partial charge in [-0.1, -0.05) is 18.5 Å². The van der Waals surface area contributed by atoms with E-state index in [1.807, 2.05) is 6.92 Å². The number of ether oxygens (including phenoxy) is 1. The number of carbonyl (C=O) groups excluding carboxylic acids is 1. The van der Waals surface area contributed by atoms with Gasteiger partial charge in [-0.3, -0.25) is 9.10 Å². The van der Waals surface area contributed by atoms with Crippen molar-refractivity contribution in [3.63, 3.8) is 0 Å². The lowest BCUT2D eigenvalue weighted by molar-refractivity contribution is -0.117. The molecule has 0 fully saturated rings. The molecule has 1 amide bonds. The molecule has 0 aliphatic rings. The molecule has 0 aliphatic heterocycles. The van der Waals surface area contributed by atoms with Crippen LogP contribution in [0.5, 0.6) is 5.75 Å². The van der Waals surface area contributed by atoms with E-state index in [0.29, 0.717) is 18.0 Å². The summed E-state index contributed by atoms with van der Waals surface area (Å²) in [6, 6.07) is 9.21. The zero-order chi connectivity index (χ0) is 20.9. The molecule has 0 aliphatic carbocycles. The first-order valence-electron chi connectivity index (χ1n) is 8.65. The lowest BCUT2D eigenvalue weighted by Gasteiger charge is -2.30. The Kier molecular flexibility index (Phi) is 7.26. The minimum Gasteiger partial charge on any atom is -0.494 e. The molecule has 0 saturated carbocycles. The minimum atomic E-state index is -3.84. The van der Waals surface area contributed by atoms with Gasteiger partial charge in [-0.05, 0) is 55.8 Å².